The number of nitrogens with one attached hydrogen (secondary N) is 2. The molecule has 1 aromatic carbocycles. The maximum absolute atomic E-state index is 12.2. The van der Waals surface area contributed by atoms with Crippen molar-refractivity contribution in [2.75, 3.05) is 6.54 Å². The molecule has 1 aromatic rings. The van der Waals surface area contributed by atoms with Crippen LogP contribution in [0.3, 0.4) is 0 Å². The Kier molecular flexibility index (Phi) is 6.96. The van der Waals surface area contributed by atoms with E-state index in [1.807, 2.05) is 46.8 Å². The van der Waals surface area contributed by atoms with E-state index in [-0.39, 0.29) is 17.7 Å². The van der Waals surface area contributed by atoms with Crippen LogP contribution in [0.4, 0.5) is 0 Å². The lowest BCUT2D eigenvalue weighted by Gasteiger charge is -2.33. The van der Waals surface area contributed by atoms with Crippen LogP contribution in [0.2, 0.25) is 0 Å². The zero-order chi connectivity index (χ0) is 18.5. The standard InChI is InChI=1S/C19H30N2O3/c1-12(2)16(22)19(5,6)11-20-17(23)14(4)21-18(24)15-9-7-8-13(3)10-15/h7-10,12,14,16,22H,11H2,1-6H3,(H,20,23)(H,21,24). The number of hydrogen-bond acceptors (Lipinski definition) is 3. The number of amides is 2. The molecule has 0 heterocycles. The molecule has 24 heavy (non-hydrogen) atoms. The van der Waals surface area contributed by atoms with E-state index in [1.165, 1.54) is 0 Å². The van der Waals surface area contributed by atoms with Crippen molar-refractivity contribution < 1.29 is 14.7 Å². The summed E-state index contributed by atoms with van der Waals surface area (Å²) in [5.41, 5.74) is 1.08. The van der Waals surface area contributed by atoms with Crippen molar-refractivity contribution in [3.05, 3.63) is 35.4 Å². The van der Waals surface area contributed by atoms with Gasteiger partial charge in [-0.1, -0.05) is 45.4 Å². The van der Waals surface area contributed by atoms with Crippen molar-refractivity contribution in [2.24, 2.45) is 11.3 Å². The first kappa shape index (κ1) is 20.2. The van der Waals surface area contributed by atoms with E-state index in [4.69, 9.17) is 0 Å². The molecule has 5 nitrogen and oxygen atoms in total. The van der Waals surface area contributed by atoms with E-state index in [0.717, 1.165) is 5.56 Å². The predicted octanol–water partition coefficient (Wildman–Crippen LogP) is 2.27. The van der Waals surface area contributed by atoms with Crippen LogP contribution in [-0.2, 0) is 4.79 Å². The fourth-order valence-electron chi connectivity index (χ4n) is 2.61. The lowest BCUT2D eigenvalue weighted by atomic mass is 9.80. The molecule has 2 atom stereocenters. The molecular weight excluding hydrogens is 304 g/mol. The maximum Gasteiger partial charge on any atom is 0.251 e. The van der Waals surface area contributed by atoms with Crippen LogP contribution >= 0.6 is 0 Å². The van der Waals surface area contributed by atoms with Gasteiger partial charge in [0.05, 0.1) is 6.10 Å². The molecule has 5 heteroatoms. The minimum absolute atomic E-state index is 0.107. The first-order valence-electron chi connectivity index (χ1n) is 8.38. The summed E-state index contributed by atoms with van der Waals surface area (Å²) in [6.45, 7) is 11.6. The largest absolute Gasteiger partial charge is 0.392 e. The normalized spacial score (nSPS) is 14.2. The summed E-state index contributed by atoms with van der Waals surface area (Å²) >= 11 is 0. The summed E-state index contributed by atoms with van der Waals surface area (Å²) in [7, 11) is 0. The lowest BCUT2D eigenvalue weighted by Crippen LogP contribution is -2.49. The second kappa shape index (κ2) is 8.29. The van der Waals surface area contributed by atoms with Crippen molar-refractivity contribution in [1.29, 1.82) is 0 Å². The number of rotatable bonds is 7. The van der Waals surface area contributed by atoms with Crippen LogP contribution in [0.1, 0.15) is 50.5 Å². The molecule has 0 bridgehead atoms. The fraction of sp³-hybridized carbons (Fsp3) is 0.579. The Morgan fingerprint density at radius 3 is 2.38 bits per heavy atom. The Labute approximate surface area is 144 Å². The topological polar surface area (TPSA) is 78.4 Å². The van der Waals surface area contributed by atoms with Gasteiger partial charge in [0, 0.05) is 17.5 Å². The van der Waals surface area contributed by atoms with Gasteiger partial charge in [0.1, 0.15) is 6.04 Å². The van der Waals surface area contributed by atoms with Crippen molar-refractivity contribution in [3.63, 3.8) is 0 Å². The van der Waals surface area contributed by atoms with Gasteiger partial charge in [0.15, 0.2) is 0 Å². The summed E-state index contributed by atoms with van der Waals surface area (Å²) in [5.74, 6) is -0.432. The number of carbonyl (C=O) groups excluding carboxylic acids is 2. The minimum atomic E-state index is -0.648. The molecule has 3 N–H and O–H groups in total. The number of aliphatic hydroxyl groups is 1. The van der Waals surface area contributed by atoms with Crippen LogP contribution < -0.4 is 10.6 Å². The van der Waals surface area contributed by atoms with Gasteiger partial charge in [-0.2, -0.15) is 0 Å². The van der Waals surface area contributed by atoms with Gasteiger partial charge in [-0.25, -0.2) is 0 Å². The van der Waals surface area contributed by atoms with E-state index < -0.39 is 17.6 Å². The van der Waals surface area contributed by atoms with Crippen LogP contribution in [-0.4, -0.2) is 35.6 Å². The van der Waals surface area contributed by atoms with Gasteiger partial charge >= 0.3 is 0 Å². The van der Waals surface area contributed by atoms with Crippen LogP contribution in [0, 0.1) is 18.3 Å². The minimum Gasteiger partial charge on any atom is -0.392 e. The maximum atomic E-state index is 12.2. The predicted molar refractivity (Wildman–Crippen MR) is 95.7 cm³/mol. The number of aliphatic hydroxyl groups excluding tert-OH is 1. The van der Waals surface area contributed by atoms with Gasteiger partial charge in [-0.05, 0) is 31.9 Å². The SMILES string of the molecule is Cc1cccc(C(=O)NC(C)C(=O)NCC(C)(C)C(O)C(C)C)c1. The molecule has 2 amide bonds. The summed E-state index contributed by atoms with van der Waals surface area (Å²) in [4.78, 5) is 24.4. The first-order valence-corrected chi connectivity index (χ1v) is 8.38. The quantitative estimate of drug-likeness (QED) is 0.716. The van der Waals surface area contributed by atoms with E-state index in [2.05, 4.69) is 10.6 Å². The molecule has 1 rings (SSSR count). The number of aryl methyl sites for hydroxylation is 1. The van der Waals surface area contributed by atoms with Gasteiger partial charge in [0.2, 0.25) is 5.91 Å². The zero-order valence-electron chi connectivity index (χ0n) is 15.5. The van der Waals surface area contributed by atoms with Crippen molar-refractivity contribution >= 4 is 11.8 Å². The van der Waals surface area contributed by atoms with Gasteiger partial charge in [-0.15, -0.1) is 0 Å². The van der Waals surface area contributed by atoms with Gasteiger partial charge in [-0.3, -0.25) is 9.59 Å². The molecule has 0 aliphatic rings. The molecule has 134 valence electrons. The summed E-state index contributed by atoms with van der Waals surface area (Å²) in [6.07, 6.45) is -0.519. The molecular formula is C19H30N2O3. The lowest BCUT2D eigenvalue weighted by molar-refractivity contribution is -0.123. The van der Waals surface area contributed by atoms with Crippen LogP contribution in [0.15, 0.2) is 24.3 Å². The Hall–Kier alpha value is -1.88. The molecule has 0 spiro atoms. The van der Waals surface area contributed by atoms with E-state index in [0.29, 0.717) is 12.1 Å². The average Bonchev–Trinajstić information content (AvgIpc) is 2.51. The fourth-order valence-corrected chi connectivity index (χ4v) is 2.61. The van der Waals surface area contributed by atoms with Gasteiger partial charge in [0.25, 0.3) is 5.91 Å². The van der Waals surface area contributed by atoms with Crippen molar-refractivity contribution in [3.8, 4) is 0 Å². The third-order valence-corrected chi connectivity index (χ3v) is 4.17. The highest BCUT2D eigenvalue weighted by Gasteiger charge is 2.31. The molecule has 0 saturated heterocycles. The molecule has 0 aromatic heterocycles. The van der Waals surface area contributed by atoms with E-state index in [9.17, 15) is 14.7 Å². The van der Waals surface area contributed by atoms with Gasteiger partial charge < -0.3 is 15.7 Å². The smallest absolute Gasteiger partial charge is 0.251 e. The zero-order valence-corrected chi connectivity index (χ0v) is 15.5. The van der Waals surface area contributed by atoms with Crippen molar-refractivity contribution in [1.82, 2.24) is 10.6 Å². The average molecular weight is 334 g/mol. The van der Waals surface area contributed by atoms with Crippen LogP contribution in [0.5, 0.6) is 0 Å². The molecule has 0 radical (unpaired) electrons. The molecule has 2 unspecified atom stereocenters. The Bertz CT molecular complexity index is 582. The summed E-state index contributed by atoms with van der Waals surface area (Å²) < 4.78 is 0. The second-order valence-electron chi connectivity index (χ2n) is 7.46. The Morgan fingerprint density at radius 1 is 1.21 bits per heavy atom. The molecule has 0 aliphatic carbocycles. The Balaban J connectivity index is 2.58. The number of carbonyl (C=O) groups is 2. The third-order valence-electron chi connectivity index (χ3n) is 4.17. The highest BCUT2D eigenvalue weighted by Crippen LogP contribution is 2.25. The van der Waals surface area contributed by atoms with Crippen molar-refractivity contribution in [2.45, 2.75) is 53.7 Å². The second-order valence-corrected chi connectivity index (χ2v) is 7.46. The summed E-state index contributed by atoms with van der Waals surface area (Å²) in [5, 5.41) is 15.7. The molecule has 0 saturated carbocycles. The highest BCUT2D eigenvalue weighted by molar-refractivity contribution is 5.97. The molecule has 0 aliphatic heterocycles. The monoisotopic (exact) mass is 334 g/mol. The Morgan fingerprint density at radius 2 is 1.83 bits per heavy atom. The number of benzene rings is 1. The van der Waals surface area contributed by atoms with E-state index in [1.54, 1.807) is 19.1 Å². The molecule has 0 fully saturated rings. The third kappa shape index (κ3) is 5.64. The highest BCUT2D eigenvalue weighted by atomic mass is 16.3. The summed E-state index contributed by atoms with van der Waals surface area (Å²) in [6, 6.07) is 6.57. The number of hydrogen-bond donors (Lipinski definition) is 3. The van der Waals surface area contributed by atoms with Crippen LogP contribution in [0.25, 0.3) is 0 Å². The first-order chi connectivity index (χ1) is 11.0. The van der Waals surface area contributed by atoms with E-state index >= 15 is 0 Å².